The minimum Gasteiger partial charge on any atom is -0.393 e. The molecule has 0 saturated heterocycles. The summed E-state index contributed by atoms with van der Waals surface area (Å²) in [5.41, 5.74) is 5.48. The largest absolute Gasteiger partial charge is 0.393 e. The number of hydrogen-bond donors (Lipinski definition) is 2. The topological polar surface area (TPSA) is 46.2 Å². The summed E-state index contributed by atoms with van der Waals surface area (Å²) in [4.78, 5) is 0. The van der Waals surface area contributed by atoms with Crippen molar-refractivity contribution in [1.82, 2.24) is 0 Å². The van der Waals surface area contributed by atoms with E-state index in [1.807, 2.05) is 6.92 Å². The Balaban J connectivity index is 2.32. The number of aliphatic hydroxyl groups is 1. The molecule has 0 amide bonds. The molecular formula is C9H19NO. The molecule has 2 heteroatoms. The minimum absolute atomic E-state index is 0.150. The van der Waals surface area contributed by atoms with Gasteiger partial charge in [-0.2, -0.15) is 0 Å². The van der Waals surface area contributed by atoms with Gasteiger partial charge < -0.3 is 10.8 Å². The third-order valence-corrected chi connectivity index (χ3v) is 2.84. The van der Waals surface area contributed by atoms with Crippen LogP contribution in [0.2, 0.25) is 0 Å². The quantitative estimate of drug-likeness (QED) is 0.645. The number of nitrogens with two attached hydrogens (primary N) is 1. The molecule has 1 fully saturated rings. The Morgan fingerprint density at radius 3 is 2.45 bits per heavy atom. The molecule has 1 saturated carbocycles. The number of rotatable bonds is 3. The van der Waals surface area contributed by atoms with Crippen molar-refractivity contribution in [2.24, 2.45) is 17.6 Å². The second-order valence-corrected chi connectivity index (χ2v) is 3.75. The van der Waals surface area contributed by atoms with E-state index in [2.05, 4.69) is 0 Å². The summed E-state index contributed by atoms with van der Waals surface area (Å²) < 4.78 is 0. The Morgan fingerprint density at radius 1 is 1.45 bits per heavy atom. The maximum Gasteiger partial charge on any atom is 0.0605 e. The molecule has 0 aromatic heterocycles. The first-order chi connectivity index (χ1) is 5.25. The van der Waals surface area contributed by atoms with E-state index < -0.39 is 0 Å². The molecule has 2 nitrogen and oxygen atoms in total. The van der Waals surface area contributed by atoms with E-state index in [1.54, 1.807) is 0 Å². The molecule has 0 aromatic rings. The molecule has 1 aliphatic rings. The van der Waals surface area contributed by atoms with E-state index in [-0.39, 0.29) is 12.0 Å². The van der Waals surface area contributed by atoms with Crippen LogP contribution in [-0.2, 0) is 0 Å². The van der Waals surface area contributed by atoms with Gasteiger partial charge in [0.15, 0.2) is 0 Å². The van der Waals surface area contributed by atoms with Crippen molar-refractivity contribution in [1.29, 1.82) is 0 Å². The van der Waals surface area contributed by atoms with Crippen LogP contribution in [0.5, 0.6) is 0 Å². The van der Waals surface area contributed by atoms with Crippen LogP contribution in [0.3, 0.4) is 0 Å². The lowest BCUT2D eigenvalue weighted by Gasteiger charge is -2.22. The van der Waals surface area contributed by atoms with Crippen molar-refractivity contribution < 1.29 is 5.11 Å². The van der Waals surface area contributed by atoms with Crippen LogP contribution in [0.25, 0.3) is 0 Å². The SMILES string of the molecule is CC(CN)C(O)C1CCCC1. The highest BCUT2D eigenvalue weighted by Crippen LogP contribution is 2.30. The van der Waals surface area contributed by atoms with Gasteiger partial charge in [0.05, 0.1) is 6.10 Å². The van der Waals surface area contributed by atoms with Crippen molar-refractivity contribution in [2.75, 3.05) is 6.54 Å². The fourth-order valence-electron chi connectivity index (χ4n) is 1.90. The van der Waals surface area contributed by atoms with Gasteiger partial charge in [0.1, 0.15) is 0 Å². The fourth-order valence-corrected chi connectivity index (χ4v) is 1.90. The van der Waals surface area contributed by atoms with E-state index in [0.717, 1.165) is 0 Å². The van der Waals surface area contributed by atoms with Gasteiger partial charge in [-0.25, -0.2) is 0 Å². The third-order valence-electron chi connectivity index (χ3n) is 2.84. The van der Waals surface area contributed by atoms with E-state index in [1.165, 1.54) is 25.7 Å². The summed E-state index contributed by atoms with van der Waals surface area (Å²) in [6.07, 6.45) is 4.83. The van der Waals surface area contributed by atoms with Crippen LogP contribution < -0.4 is 5.73 Å². The number of aliphatic hydroxyl groups excluding tert-OH is 1. The van der Waals surface area contributed by atoms with Crippen LogP contribution in [0.1, 0.15) is 32.6 Å². The zero-order valence-corrected chi connectivity index (χ0v) is 7.29. The first-order valence-corrected chi connectivity index (χ1v) is 4.64. The van der Waals surface area contributed by atoms with Crippen LogP contribution in [0.4, 0.5) is 0 Å². The molecule has 0 aliphatic heterocycles. The zero-order valence-electron chi connectivity index (χ0n) is 7.29. The van der Waals surface area contributed by atoms with Crippen molar-refractivity contribution >= 4 is 0 Å². The molecule has 0 bridgehead atoms. The van der Waals surface area contributed by atoms with Crippen molar-refractivity contribution in [3.05, 3.63) is 0 Å². The predicted octanol–water partition coefficient (Wildman–Crippen LogP) is 1.13. The number of hydrogen-bond acceptors (Lipinski definition) is 2. The van der Waals surface area contributed by atoms with Crippen molar-refractivity contribution in [2.45, 2.75) is 38.7 Å². The van der Waals surface area contributed by atoms with Gasteiger partial charge in [0, 0.05) is 0 Å². The summed E-state index contributed by atoms with van der Waals surface area (Å²) in [5.74, 6) is 0.812. The van der Waals surface area contributed by atoms with Crippen molar-refractivity contribution in [3.8, 4) is 0 Å². The molecule has 2 unspecified atom stereocenters. The van der Waals surface area contributed by atoms with Crippen LogP contribution in [0, 0.1) is 11.8 Å². The monoisotopic (exact) mass is 157 g/mol. The average Bonchev–Trinajstić information content (AvgIpc) is 2.53. The molecule has 0 spiro atoms. The van der Waals surface area contributed by atoms with E-state index in [9.17, 15) is 5.11 Å². The molecule has 2 atom stereocenters. The van der Waals surface area contributed by atoms with Crippen LogP contribution >= 0.6 is 0 Å². The van der Waals surface area contributed by atoms with Gasteiger partial charge in [-0.1, -0.05) is 19.8 Å². The molecule has 1 aliphatic carbocycles. The standard InChI is InChI=1S/C9H19NO/c1-7(6-10)9(11)8-4-2-3-5-8/h7-9,11H,2-6,10H2,1H3. The first kappa shape index (κ1) is 9.01. The summed E-state index contributed by atoms with van der Waals surface area (Å²) in [7, 11) is 0. The van der Waals surface area contributed by atoms with Gasteiger partial charge >= 0.3 is 0 Å². The Labute approximate surface area is 68.8 Å². The molecular weight excluding hydrogens is 138 g/mol. The molecule has 11 heavy (non-hydrogen) atoms. The Kier molecular flexibility index (Phi) is 3.34. The zero-order chi connectivity index (χ0) is 8.27. The second-order valence-electron chi connectivity index (χ2n) is 3.75. The van der Waals surface area contributed by atoms with E-state index in [0.29, 0.717) is 12.5 Å². The van der Waals surface area contributed by atoms with Crippen LogP contribution in [0.15, 0.2) is 0 Å². The smallest absolute Gasteiger partial charge is 0.0605 e. The Hall–Kier alpha value is -0.0800. The highest BCUT2D eigenvalue weighted by molar-refractivity contribution is 4.78. The molecule has 1 rings (SSSR count). The van der Waals surface area contributed by atoms with E-state index in [4.69, 9.17) is 5.73 Å². The third kappa shape index (κ3) is 2.17. The molecule has 3 N–H and O–H groups in total. The van der Waals surface area contributed by atoms with Gasteiger partial charge in [0.2, 0.25) is 0 Å². The Bertz CT molecular complexity index is 110. The summed E-state index contributed by atoms with van der Waals surface area (Å²) >= 11 is 0. The maximum atomic E-state index is 9.74. The van der Waals surface area contributed by atoms with Gasteiger partial charge in [-0.15, -0.1) is 0 Å². The molecule has 0 radical (unpaired) electrons. The van der Waals surface area contributed by atoms with Crippen LogP contribution in [-0.4, -0.2) is 17.8 Å². The second kappa shape index (κ2) is 4.07. The van der Waals surface area contributed by atoms with Gasteiger partial charge in [-0.3, -0.25) is 0 Å². The van der Waals surface area contributed by atoms with Gasteiger partial charge in [-0.05, 0) is 31.2 Å². The highest BCUT2D eigenvalue weighted by Gasteiger charge is 2.26. The van der Waals surface area contributed by atoms with E-state index >= 15 is 0 Å². The summed E-state index contributed by atoms with van der Waals surface area (Å²) in [5, 5.41) is 9.74. The van der Waals surface area contributed by atoms with Gasteiger partial charge in [0.25, 0.3) is 0 Å². The predicted molar refractivity (Wildman–Crippen MR) is 46.2 cm³/mol. The lowest BCUT2D eigenvalue weighted by Crippen LogP contribution is -2.30. The molecule has 66 valence electrons. The normalized spacial score (nSPS) is 25.4. The average molecular weight is 157 g/mol. The molecule has 0 heterocycles. The van der Waals surface area contributed by atoms with Crippen molar-refractivity contribution in [3.63, 3.8) is 0 Å². The highest BCUT2D eigenvalue weighted by atomic mass is 16.3. The summed E-state index contributed by atoms with van der Waals surface area (Å²) in [6, 6.07) is 0. The minimum atomic E-state index is -0.150. The lowest BCUT2D eigenvalue weighted by molar-refractivity contribution is 0.0634. The lowest BCUT2D eigenvalue weighted by atomic mass is 9.91. The Morgan fingerprint density at radius 2 is 2.00 bits per heavy atom. The fraction of sp³-hybridized carbons (Fsp3) is 1.00. The summed E-state index contributed by atoms with van der Waals surface area (Å²) in [6.45, 7) is 2.64. The maximum absolute atomic E-state index is 9.74. The molecule has 0 aromatic carbocycles. The first-order valence-electron chi connectivity index (χ1n) is 4.64.